The molecule has 0 aromatic rings. The molecule has 2 nitrogen and oxygen atoms in total. The molecule has 0 radical (unpaired) electrons. The van der Waals surface area contributed by atoms with Crippen molar-refractivity contribution in [1.82, 2.24) is 0 Å². The van der Waals surface area contributed by atoms with Crippen LogP contribution in [0.15, 0.2) is 0 Å². The molecule has 10 heavy (non-hydrogen) atoms. The van der Waals surface area contributed by atoms with Gasteiger partial charge in [-0.3, -0.25) is 0 Å². The van der Waals surface area contributed by atoms with Crippen LogP contribution in [0.2, 0.25) is 0 Å². The molecule has 0 rings (SSSR count). The molecule has 0 fully saturated rings. The zero-order valence-electron chi connectivity index (χ0n) is 6.76. The number of carbonyl (C=O) groups is 1. The Kier molecular flexibility index (Phi) is 4.28. The van der Waals surface area contributed by atoms with Crippen LogP contribution >= 0.6 is 0 Å². The van der Waals surface area contributed by atoms with E-state index in [9.17, 15) is 4.79 Å². The van der Waals surface area contributed by atoms with E-state index in [0.717, 1.165) is 19.1 Å². The van der Waals surface area contributed by atoms with Crippen LogP contribution in [0, 0.1) is 5.41 Å². The van der Waals surface area contributed by atoms with Gasteiger partial charge in [-0.1, -0.05) is 13.8 Å². The van der Waals surface area contributed by atoms with Crippen LogP contribution in [-0.4, -0.2) is 18.0 Å². The first-order valence-corrected chi connectivity index (χ1v) is 3.67. The minimum absolute atomic E-state index is 0.0109. The van der Waals surface area contributed by atoms with E-state index < -0.39 is 0 Å². The van der Waals surface area contributed by atoms with Crippen LogP contribution in [0.1, 0.15) is 33.1 Å². The summed E-state index contributed by atoms with van der Waals surface area (Å²) in [4.78, 5) is 9.92. The van der Waals surface area contributed by atoms with Crippen LogP contribution < -0.4 is 0 Å². The SMILES string of the molecule is CC(C)(CO)CCCC=O. The Morgan fingerprint density at radius 3 is 2.50 bits per heavy atom. The van der Waals surface area contributed by atoms with E-state index in [1.54, 1.807) is 0 Å². The highest BCUT2D eigenvalue weighted by molar-refractivity contribution is 5.48. The topological polar surface area (TPSA) is 37.3 Å². The van der Waals surface area contributed by atoms with E-state index in [1.165, 1.54) is 0 Å². The first-order chi connectivity index (χ1) is 4.62. The lowest BCUT2D eigenvalue weighted by atomic mass is 9.88. The Morgan fingerprint density at radius 1 is 1.50 bits per heavy atom. The number of hydrogen-bond acceptors (Lipinski definition) is 2. The molecule has 0 atom stereocenters. The Morgan fingerprint density at radius 2 is 2.10 bits per heavy atom. The molecule has 0 aliphatic carbocycles. The maximum atomic E-state index is 9.92. The van der Waals surface area contributed by atoms with E-state index in [0.29, 0.717) is 6.42 Å². The van der Waals surface area contributed by atoms with Crippen LogP contribution in [0.4, 0.5) is 0 Å². The molecule has 0 bridgehead atoms. The zero-order valence-corrected chi connectivity index (χ0v) is 6.76. The van der Waals surface area contributed by atoms with E-state index in [-0.39, 0.29) is 12.0 Å². The van der Waals surface area contributed by atoms with Crippen molar-refractivity contribution in [2.45, 2.75) is 33.1 Å². The van der Waals surface area contributed by atoms with Gasteiger partial charge in [-0.25, -0.2) is 0 Å². The monoisotopic (exact) mass is 144 g/mol. The van der Waals surface area contributed by atoms with Gasteiger partial charge in [0, 0.05) is 13.0 Å². The molecule has 0 aromatic heterocycles. The van der Waals surface area contributed by atoms with Crippen molar-refractivity contribution in [2.75, 3.05) is 6.61 Å². The van der Waals surface area contributed by atoms with Gasteiger partial charge < -0.3 is 9.90 Å². The van der Waals surface area contributed by atoms with Gasteiger partial charge in [-0.2, -0.15) is 0 Å². The number of rotatable bonds is 5. The lowest BCUT2D eigenvalue weighted by Gasteiger charge is -2.20. The second kappa shape index (κ2) is 4.45. The van der Waals surface area contributed by atoms with Crippen molar-refractivity contribution in [3.05, 3.63) is 0 Å². The maximum absolute atomic E-state index is 9.92. The minimum atomic E-state index is -0.0109. The lowest BCUT2D eigenvalue weighted by Crippen LogP contribution is -2.16. The Hall–Kier alpha value is -0.370. The van der Waals surface area contributed by atoms with Gasteiger partial charge in [0.15, 0.2) is 0 Å². The van der Waals surface area contributed by atoms with Gasteiger partial charge in [0.25, 0.3) is 0 Å². The summed E-state index contributed by atoms with van der Waals surface area (Å²) < 4.78 is 0. The second-order valence-corrected chi connectivity index (χ2v) is 3.38. The summed E-state index contributed by atoms with van der Waals surface area (Å²) >= 11 is 0. The third-order valence-corrected chi connectivity index (χ3v) is 1.60. The first kappa shape index (κ1) is 9.63. The quantitative estimate of drug-likeness (QED) is 0.467. The molecule has 0 amide bonds. The zero-order chi connectivity index (χ0) is 8.04. The number of aliphatic hydroxyl groups excluding tert-OH is 1. The molecular weight excluding hydrogens is 128 g/mol. The molecule has 0 spiro atoms. The number of hydrogen-bond donors (Lipinski definition) is 1. The fourth-order valence-corrected chi connectivity index (χ4v) is 0.743. The molecule has 0 aliphatic rings. The fourth-order valence-electron chi connectivity index (χ4n) is 0.743. The highest BCUT2D eigenvalue weighted by Gasteiger charge is 2.14. The van der Waals surface area contributed by atoms with Crippen molar-refractivity contribution >= 4 is 6.29 Å². The summed E-state index contributed by atoms with van der Waals surface area (Å²) in [6.45, 7) is 4.20. The van der Waals surface area contributed by atoms with Gasteiger partial charge in [0.1, 0.15) is 6.29 Å². The average molecular weight is 144 g/mol. The van der Waals surface area contributed by atoms with Crippen LogP contribution in [0.5, 0.6) is 0 Å². The normalized spacial score (nSPS) is 11.5. The number of unbranched alkanes of at least 4 members (excludes halogenated alkanes) is 1. The minimum Gasteiger partial charge on any atom is -0.396 e. The molecule has 0 unspecified atom stereocenters. The van der Waals surface area contributed by atoms with Gasteiger partial charge in [0.05, 0.1) is 0 Å². The summed E-state index contributed by atoms with van der Waals surface area (Å²) in [6, 6.07) is 0. The summed E-state index contributed by atoms with van der Waals surface area (Å²) in [5.74, 6) is 0. The molecular formula is C8H16O2. The van der Waals surface area contributed by atoms with Crippen LogP contribution in [-0.2, 0) is 4.79 Å². The van der Waals surface area contributed by atoms with E-state index in [4.69, 9.17) is 5.11 Å². The smallest absolute Gasteiger partial charge is 0.119 e. The number of aliphatic hydroxyl groups is 1. The van der Waals surface area contributed by atoms with E-state index in [2.05, 4.69) is 0 Å². The third-order valence-electron chi connectivity index (χ3n) is 1.60. The maximum Gasteiger partial charge on any atom is 0.119 e. The molecule has 0 heterocycles. The van der Waals surface area contributed by atoms with Crippen molar-refractivity contribution in [3.63, 3.8) is 0 Å². The number of aldehydes is 1. The second-order valence-electron chi connectivity index (χ2n) is 3.38. The van der Waals surface area contributed by atoms with E-state index >= 15 is 0 Å². The van der Waals surface area contributed by atoms with Crippen molar-refractivity contribution < 1.29 is 9.90 Å². The molecule has 0 aliphatic heterocycles. The van der Waals surface area contributed by atoms with Crippen LogP contribution in [0.3, 0.4) is 0 Å². The highest BCUT2D eigenvalue weighted by atomic mass is 16.3. The standard InChI is InChI=1S/C8H16O2/c1-8(2,7-10)5-3-4-6-9/h6,10H,3-5,7H2,1-2H3. The van der Waals surface area contributed by atoms with Crippen molar-refractivity contribution in [3.8, 4) is 0 Å². The lowest BCUT2D eigenvalue weighted by molar-refractivity contribution is -0.108. The molecule has 0 saturated heterocycles. The van der Waals surface area contributed by atoms with E-state index in [1.807, 2.05) is 13.8 Å². The van der Waals surface area contributed by atoms with Crippen molar-refractivity contribution in [1.29, 1.82) is 0 Å². The summed E-state index contributed by atoms with van der Waals surface area (Å²) in [6.07, 6.45) is 3.34. The molecule has 0 aromatic carbocycles. The number of carbonyl (C=O) groups excluding carboxylic acids is 1. The molecule has 60 valence electrons. The largest absolute Gasteiger partial charge is 0.396 e. The predicted octanol–water partition coefficient (Wildman–Crippen LogP) is 1.37. The van der Waals surface area contributed by atoms with Gasteiger partial charge in [-0.15, -0.1) is 0 Å². The average Bonchev–Trinajstić information content (AvgIpc) is 1.89. The summed E-state index contributed by atoms with van der Waals surface area (Å²) in [5, 5.41) is 8.81. The van der Waals surface area contributed by atoms with Gasteiger partial charge in [0.2, 0.25) is 0 Å². The third kappa shape index (κ3) is 4.50. The molecule has 0 saturated carbocycles. The first-order valence-electron chi connectivity index (χ1n) is 3.67. The van der Waals surface area contributed by atoms with Crippen molar-refractivity contribution in [2.24, 2.45) is 5.41 Å². The van der Waals surface area contributed by atoms with Gasteiger partial charge >= 0.3 is 0 Å². The van der Waals surface area contributed by atoms with Crippen LogP contribution in [0.25, 0.3) is 0 Å². The Labute approximate surface area is 62.2 Å². The molecule has 1 N–H and O–H groups in total. The van der Waals surface area contributed by atoms with Gasteiger partial charge in [-0.05, 0) is 18.3 Å². The fraction of sp³-hybridized carbons (Fsp3) is 0.875. The Bertz CT molecular complexity index is 97.4. The summed E-state index contributed by atoms with van der Waals surface area (Å²) in [5.41, 5.74) is -0.0109. The summed E-state index contributed by atoms with van der Waals surface area (Å²) in [7, 11) is 0. The highest BCUT2D eigenvalue weighted by Crippen LogP contribution is 2.21. The Balaban J connectivity index is 3.36. The molecule has 2 heteroatoms. The predicted molar refractivity (Wildman–Crippen MR) is 40.8 cm³/mol.